The summed E-state index contributed by atoms with van der Waals surface area (Å²) in [6.45, 7) is 2.53. The van der Waals surface area contributed by atoms with Crippen LogP contribution in [0, 0.1) is 6.42 Å². The van der Waals surface area contributed by atoms with E-state index in [9.17, 15) is 0 Å². The van der Waals surface area contributed by atoms with Gasteiger partial charge in [0, 0.05) is 0 Å². The van der Waals surface area contributed by atoms with Gasteiger partial charge < -0.3 is 11.3 Å². The number of hydrogen-bond donors (Lipinski definition) is 0. The van der Waals surface area contributed by atoms with Gasteiger partial charge in [0.2, 0.25) is 0 Å². The van der Waals surface area contributed by atoms with Gasteiger partial charge in [0.05, 0.1) is 0 Å². The average Bonchev–Trinajstić information content (AvgIpc) is 1.94. The van der Waals surface area contributed by atoms with Crippen LogP contribution in [0.4, 0.5) is 0 Å². The summed E-state index contributed by atoms with van der Waals surface area (Å²) in [5.41, 5.74) is 0. The van der Waals surface area contributed by atoms with Crippen LogP contribution in [0.2, 0.25) is 0 Å². The van der Waals surface area contributed by atoms with Crippen LogP contribution in [-0.4, -0.2) is 25.0 Å². The van der Waals surface area contributed by atoms with Crippen molar-refractivity contribution in [1.29, 1.82) is 0 Å². The molecule has 0 aliphatic carbocycles. The molecule has 1 fully saturated rings. The van der Waals surface area contributed by atoms with Gasteiger partial charge in [0.1, 0.15) is 0 Å². The van der Waals surface area contributed by atoms with E-state index in [1.807, 2.05) is 0 Å². The molecule has 0 spiro atoms. The molecular weight excluding hydrogens is 231 g/mol. The number of halogens is 1. The Morgan fingerprint density at radius 1 is 1.33 bits per heavy atom. The third-order valence-corrected chi connectivity index (χ3v) is 1.43. The standard InChI is InChI=1S/C6H12N.BrH.Zn/c1-7-5-3-2-4-6-7;;/h2H,3-6H2,1H3;1H;/q-1;;+2/p-1. The van der Waals surface area contributed by atoms with E-state index in [2.05, 4.69) is 32.0 Å². The van der Waals surface area contributed by atoms with E-state index in [0.29, 0.717) is 0 Å². The summed E-state index contributed by atoms with van der Waals surface area (Å²) >= 11 is 4.25. The van der Waals surface area contributed by atoms with Crippen molar-refractivity contribution < 1.29 is 16.3 Å². The predicted octanol–water partition coefficient (Wildman–Crippen LogP) is 1.76. The molecular formula is C6H12BrNZn. The fraction of sp³-hybridized carbons (Fsp3) is 0.833. The Kier molecular flexibility index (Phi) is 8.02. The van der Waals surface area contributed by atoms with Gasteiger partial charge in [-0.2, -0.15) is 12.8 Å². The van der Waals surface area contributed by atoms with Crippen molar-refractivity contribution >= 4 is 13.6 Å². The first-order valence-electron chi connectivity index (χ1n) is 3.16. The van der Waals surface area contributed by atoms with Crippen molar-refractivity contribution in [3.8, 4) is 0 Å². The van der Waals surface area contributed by atoms with E-state index in [-0.39, 0.29) is 0 Å². The van der Waals surface area contributed by atoms with E-state index in [1.165, 1.54) is 42.3 Å². The van der Waals surface area contributed by atoms with Crippen LogP contribution in [0.3, 0.4) is 0 Å². The minimum atomic E-state index is 1.19. The second-order valence-electron chi connectivity index (χ2n) is 2.17. The Hall–Kier alpha value is 1.06. The molecule has 0 unspecified atom stereocenters. The maximum absolute atomic E-state index is 3.06. The Bertz CT molecular complexity index is 55.0. The number of nitrogens with zero attached hydrogens (tertiary/aromatic N) is 1. The molecule has 3 heteroatoms. The zero-order valence-corrected chi connectivity index (χ0v) is 10.5. The molecule has 9 heavy (non-hydrogen) atoms. The molecule has 0 N–H and O–H groups in total. The molecule has 0 aromatic rings. The fourth-order valence-corrected chi connectivity index (χ4v) is 0.879. The first kappa shape index (κ1) is 10.1. The molecule has 0 saturated carbocycles. The average molecular weight is 243 g/mol. The van der Waals surface area contributed by atoms with Crippen LogP contribution in [0.5, 0.6) is 0 Å². The number of hydrogen-bond acceptors (Lipinski definition) is 1. The van der Waals surface area contributed by atoms with Crippen LogP contribution >= 0.6 is 13.6 Å². The van der Waals surface area contributed by atoms with E-state index < -0.39 is 0 Å². The summed E-state index contributed by atoms with van der Waals surface area (Å²) in [6, 6.07) is 0. The second-order valence-corrected chi connectivity index (χ2v) is 2.17. The summed E-state index contributed by atoms with van der Waals surface area (Å²) in [5, 5.41) is 0. The third-order valence-electron chi connectivity index (χ3n) is 1.43. The van der Waals surface area contributed by atoms with Gasteiger partial charge in [-0.15, -0.1) is 0 Å². The molecule has 0 radical (unpaired) electrons. The normalized spacial score (nSPS) is 20.4. The van der Waals surface area contributed by atoms with Gasteiger partial charge in [-0.1, -0.05) is 0 Å². The Balaban J connectivity index is 0.000000291. The topological polar surface area (TPSA) is 3.24 Å². The molecule has 1 heterocycles. The zero-order valence-electron chi connectivity index (χ0n) is 5.94. The molecule has 0 aromatic heterocycles. The zero-order chi connectivity index (χ0) is 7.11. The van der Waals surface area contributed by atoms with Gasteiger partial charge in [-0.25, -0.2) is 0 Å². The van der Waals surface area contributed by atoms with Gasteiger partial charge in [0.15, 0.2) is 0 Å². The SMILES string of the molecule is CN1CC[CH-]CC1.[Zn+][Br]. The number of rotatable bonds is 0. The quantitative estimate of drug-likeness (QED) is 0.463. The van der Waals surface area contributed by atoms with E-state index in [1.54, 1.807) is 0 Å². The molecule has 1 rings (SSSR count). The van der Waals surface area contributed by atoms with Crippen molar-refractivity contribution in [3.63, 3.8) is 0 Å². The summed E-state index contributed by atoms with van der Waals surface area (Å²) in [7, 11) is 2.17. The van der Waals surface area contributed by atoms with Crippen molar-refractivity contribution in [2.45, 2.75) is 12.8 Å². The summed E-state index contributed by atoms with van der Waals surface area (Å²) in [6.07, 6.45) is 4.94. The van der Waals surface area contributed by atoms with E-state index in [0.717, 1.165) is 0 Å². The van der Waals surface area contributed by atoms with Gasteiger partial charge in [-0.05, 0) is 20.1 Å². The van der Waals surface area contributed by atoms with Crippen LogP contribution in [0.1, 0.15) is 12.8 Å². The number of piperidine rings is 1. The summed E-state index contributed by atoms with van der Waals surface area (Å²) in [5.74, 6) is 0. The van der Waals surface area contributed by atoms with Crippen molar-refractivity contribution in [2.75, 3.05) is 20.1 Å². The fourth-order valence-electron chi connectivity index (χ4n) is 0.879. The molecule has 0 atom stereocenters. The van der Waals surface area contributed by atoms with Gasteiger partial charge in [-0.3, -0.25) is 0 Å². The van der Waals surface area contributed by atoms with Crippen LogP contribution in [0.15, 0.2) is 0 Å². The van der Waals surface area contributed by atoms with Crippen molar-refractivity contribution in [1.82, 2.24) is 4.90 Å². The number of likely N-dealkylation sites (tertiary alicyclic amines) is 1. The van der Waals surface area contributed by atoms with Crippen LogP contribution in [0.25, 0.3) is 0 Å². The molecule has 0 aromatic carbocycles. The Labute approximate surface area is 74.2 Å². The first-order chi connectivity index (χ1) is 4.39. The van der Waals surface area contributed by atoms with Crippen LogP contribution < -0.4 is 0 Å². The van der Waals surface area contributed by atoms with Gasteiger partial charge in [0.25, 0.3) is 0 Å². The first-order valence-corrected chi connectivity index (χ1v) is 10.1. The summed E-state index contributed by atoms with van der Waals surface area (Å²) in [4.78, 5) is 2.36. The molecule has 50 valence electrons. The molecule has 1 saturated heterocycles. The second kappa shape index (κ2) is 7.17. The van der Waals surface area contributed by atoms with Crippen LogP contribution in [-0.2, 0) is 16.3 Å². The minimum absolute atomic E-state index is 1.19. The molecule has 0 amide bonds. The molecule has 1 aliphatic heterocycles. The Morgan fingerprint density at radius 2 is 1.78 bits per heavy atom. The molecule has 0 bridgehead atoms. The van der Waals surface area contributed by atoms with Crippen molar-refractivity contribution in [2.24, 2.45) is 0 Å². The molecule has 1 aliphatic rings. The van der Waals surface area contributed by atoms with E-state index >= 15 is 0 Å². The Morgan fingerprint density at radius 3 is 2.00 bits per heavy atom. The maximum atomic E-state index is 3.06. The predicted molar refractivity (Wildman–Crippen MR) is 40.0 cm³/mol. The monoisotopic (exact) mass is 241 g/mol. The van der Waals surface area contributed by atoms with Crippen molar-refractivity contribution in [3.05, 3.63) is 6.42 Å². The van der Waals surface area contributed by atoms with Gasteiger partial charge >= 0.3 is 30.0 Å². The van der Waals surface area contributed by atoms with E-state index in [4.69, 9.17) is 0 Å². The molecule has 1 nitrogen and oxygen atoms in total. The third kappa shape index (κ3) is 5.50. The summed E-state index contributed by atoms with van der Waals surface area (Å²) < 4.78 is 0.